The van der Waals surface area contributed by atoms with Gasteiger partial charge < -0.3 is 14.4 Å². The lowest BCUT2D eigenvalue weighted by atomic mass is 10.1. The summed E-state index contributed by atoms with van der Waals surface area (Å²) in [5, 5.41) is 12.4. The normalized spacial score (nSPS) is 16.0. The average Bonchev–Trinajstić information content (AvgIpc) is 2.99. The summed E-state index contributed by atoms with van der Waals surface area (Å²) in [6.45, 7) is 4.23. The van der Waals surface area contributed by atoms with Crippen LogP contribution in [0.3, 0.4) is 0 Å². The lowest BCUT2D eigenvalue weighted by Crippen LogP contribution is -2.35. The van der Waals surface area contributed by atoms with Crippen molar-refractivity contribution in [2.45, 2.75) is 6.54 Å². The van der Waals surface area contributed by atoms with Crippen LogP contribution in [0.15, 0.2) is 34.9 Å². The Kier molecular flexibility index (Phi) is 3.98. The van der Waals surface area contributed by atoms with Gasteiger partial charge in [-0.1, -0.05) is 23.4 Å². The van der Waals surface area contributed by atoms with E-state index in [1.165, 1.54) is 6.07 Å². The SMILES string of the molecule is O=C(O)c1cc(-c2cccc(CN3CCOCC3)c2)on1. The van der Waals surface area contributed by atoms with Crippen LogP contribution < -0.4 is 0 Å². The molecule has 1 aromatic heterocycles. The zero-order valence-corrected chi connectivity index (χ0v) is 11.5. The van der Waals surface area contributed by atoms with Gasteiger partial charge in [0.2, 0.25) is 0 Å². The van der Waals surface area contributed by atoms with E-state index in [1.54, 1.807) is 0 Å². The number of benzene rings is 1. The van der Waals surface area contributed by atoms with Crippen LogP contribution in [0.25, 0.3) is 11.3 Å². The Hall–Kier alpha value is -2.18. The highest BCUT2D eigenvalue weighted by atomic mass is 16.5. The highest BCUT2D eigenvalue weighted by Crippen LogP contribution is 2.22. The number of carbonyl (C=O) groups is 1. The van der Waals surface area contributed by atoms with Crippen LogP contribution in [0, 0.1) is 0 Å². The van der Waals surface area contributed by atoms with Crippen molar-refractivity contribution in [3.8, 4) is 11.3 Å². The number of carboxylic acids is 1. The van der Waals surface area contributed by atoms with Gasteiger partial charge in [0.05, 0.1) is 13.2 Å². The first kappa shape index (κ1) is 13.8. The molecule has 6 nitrogen and oxygen atoms in total. The molecular formula is C15H16N2O4. The van der Waals surface area contributed by atoms with Gasteiger partial charge >= 0.3 is 5.97 Å². The quantitative estimate of drug-likeness (QED) is 0.925. The van der Waals surface area contributed by atoms with Gasteiger partial charge in [0.25, 0.3) is 0 Å². The predicted molar refractivity (Wildman–Crippen MR) is 75.0 cm³/mol. The summed E-state index contributed by atoms with van der Waals surface area (Å²) >= 11 is 0. The third-order valence-electron chi connectivity index (χ3n) is 3.45. The van der Waals surface area contributed by atoms with Crippen LogP contribution >= 0.6 is 0 Å². The Labute approximate surface area is 121 Å². The maximum Gasteiger partial charge on any atom is 0.358 e. The molecule has 1 saturated heterocycles. The Balaban J connectivity index is 1.76. The van der Waals surface area contributed by atoms with Crippen LogP contribution in [-0.4, -0.2) is 47.4 Å². The van der Waals surface area contributed by atoms with E-state index < -0.39 is 5.97 Å². The molecule has 1 aromatic carbocycles. The van der Waals surface area contributed by atoms with Crippen molar-refractivity contribution >= 4 is 5.97 Å². The highest BCUT2D eigenvalue weighted by molar-refractivity contribution is 5.86. The largest absolute Gasteiger partial charge is 0.476 e. The van der Waals surface area contributed by atoms with Gasteiger partial charge in [-0.15, -0.1) is 0 Å². The lowest BCUT2D eigenvalue weighted by molar-refractivity contribution is 0.0342. The molecule has 21 heavy (non-hydrogen) atoms. The fraction of sp³-hybridized carbons (Fsp3) is 0.333. The number of nitrogens with zero attached hydrogens (tertiary/aromatic N) is 2. The molecular weight excluding hydrogens is 272 g/mol. The fourth-order valence-electron chi connectivity index (χ4n) is 2.35. The molecule has 0 bridgehead atoms. The predicted octanol–water partition coefficient (Wildman–Crippen LogP) is 1.87. The molecule has 0 atom stereocenters. The van der Waals surface area contributed by atoms with E-state index in [2.05, 4.69) is 10.1 Å². The summed E-state index contributed by atoms with van der Waals surface area (Å²) in [6.07, 6.45) is 0. The smallest absolute Gasteiger partial charge is 0.358 e. The molecule has 0 aliphatic carbocycles. The minimum atomic E-state index is -1.09. The van der Waals surface area contributed by atoms with Gasteiger partial charge in [-0.3, -0.25) is 4.90 Å². The summed E-state index contributed by atoms with van der Waals surface area (Å²) in [5.74, 6) is -0.620. The molecule has 110 valence electrons. The second kappa shape index (κ2) is 6.07. The molecule has 1 fully saturated rings. The van der Waals surface area contributed by atoms with E-state index in [0.717, 1.165) is 44.0 Å². The van der Waals surface area contributed by atoms with Crippen molar-refractivity contribution in [1.82, 2.24) is 10.1 Å². The maximum absolute atomic E-state index is 10.8. The molecule has 0 spiro atoms. The zero-order valence-electron chi connectivity index (χ0n) is 11.5. The van der Waals surface area contributed by atoms with Crippen molar-refractivity contribution in [2.75, 3.05) is 26.3 Å². The highest BCUT2D eigenvalue weighted by Gasteiger charge is 2.14. The standard InChI is InChI=1S/C15H16N2O4/c18-15(19)13-9-14(21-16-13)12-3-1-2-11(8-12)10-17-4-6-20-7-5-17/h1-3,8-9H,4-7,10H2,(H,18,19). The van der Waals surface area contributed by atoms with E-state index >= 15 is 0 Å². The van der Waals surface area contributed by atoms with Crippen molar-refractivity contribution in [3.63, 3.8) is 0 Å². The Bertz CT molecular complexity index is 632. The minimum Gasteiger partial charge on any atom is -0.476 e. The summed E-state index contributed by atoms with van der Waals surface area (Å²) in [6, 6.07) is 9.31. The summed E-state index contributed by atoms with van der Waals surface area (Å²) in [5.41, 5.74) is 1.91. The van der Waals surface area contributed by atoms with Crippen molar-refractivity contribution in [1.29, 1.82) is 0 Å². The van der Waals surface area contributed by atoms with E-state index in [0.29, 0.717) is 5.76 Å². The Morgan fingerprint density at radius 1 is 1.29 bits per heavy atom. The maximum atomic E-state index is 10.8. The summed E-state index contributed by atoms with van der Waals surface area (Å²) < 4.78 is 10.4. The van der Waals surface area contributed by atoms with Gasteiger partial charge in [-0.25, -0.2) is 4.79 Å². The lowest BCUT2D eigenvalue weighted by Gasteiger charge is -2.26. The van der Waals surface area contributed by atoms with E-state index in [1.807, 2.05) is 24.3 Å². The molecule has 2 heterocycles. The first-order chi connectivity index (χ1) is 10.2. The number of hydrogen-bond donors (Lipinski definition) is 1. The third kappa shape index (κ3) is 3.29. The number of aromatic nitrogens is 1. The van der Waals surface area contributed by atoms with Crippen LogP contribution in [0.1, 0.15) is 16.1 Å². The van der Waals surface area contributed by atoms with E-state index in [4.69, 9.17) is 14.4 Å². The van der Waals surface area contributed by atoms with Gasteiger partial charge in [0, 0.05) is 31.3 Å². The van der Waals surface area contributed by atoms with Crippen molar-refractivity contribution in [3.05, 3.63) is 41.6 Å². The first-order valence-electron chi connectivity index (χ1n) is 6.82. The molecule has 6 heteroatoms. The third-order valence-corrected chi connectivity index (χ3v) is 3.45. The van der Waals surface area contributed by atoms with Gasteiger partial charge in [-0.05, 0) is 11.6 Å². The van der Waals surface area contributed by atoms with Crippen LogP contribution in [0.4, 0.5) is 0 Å². The number of ether oxygens (including phenoxy) is 1. The molecule has 2 aromatic rings. The second-order valence-electron chi connectivity index (χ2n) is 4.97. The molecule has 0 radical (unpaired) electrons. The Morgan fingerprint density at radius 3 is 2.81 bits per heavy atom. The van der Waals surface area contributed by atoms with Gasteiger partial charge in [-0.2, -0.15) is 0 Å². The number of aromatic carboxylic acids is 1. The van der Waals surface area contributed by atoms with Crippen LogP contribution in [0.2, 0.25) is 0 Å². The molecule has 1 aliphatic heterocycles. The Morgan fingerprint density at radius 2 is 2.10 bits per heavy atom. The van der Waals surface area contributed by atoms with E-state index in [9.17, 15) is 4.79 Å². The average molecular weight is 288 g/mol. The molecule has 1 aliphatic rings. The second-order valence-corrected chi connectivity index (χ2v) is 4.97. The monoisotopic (exact) mass is 288 g/mol. The fourth-order valence-corrected chi connectivity index (χ4v) is 2.35. The van der Waals surface area contributed by atoms with Crippen molar-refractivity contribution in [2.24, 2.45) is 0 Å². The number of rotatable bonds is 4. The molecule has 0 unspecified atom stereocenters. The molecule has 0 amide bonds. The topological polar surface area (TPSA) is 75.8 Å². The van der Waals surface area contributed by atoms with Crippen molar-refractivity contribution < 1.29 is 19.2 Å². The molecule has 1 N–H and O–H groups in total. The van der Waals surface area contributed by atoms with E-state index in [-0.39, 0.29) is 5.69 Å². The molecule has 3 rings (SSSR count). The first-order valence-corrected chi connectivity index (χ1v) is 6.82. The minimum absolute atomic E-state index is 0.0800. The van der Waals surface area contributed by atoms with Gasteiger partial charge in [0.1, 0.15) is 0 Å². The molecule has 0 saturated carbocycles. The number of hydrogen-bond acceptors (Lipinski definition) is 5. The number of carboxylic acid groups (broad SMARTS) is 1. The van der Waals surface area contributed by atoms with Crippen LogP contribution in [-0.2, 0) is 11.3 Å². The zero-order chi connectivity index (χ0) is 14.7. The summed E-state index contributed by atoms with van der Waals surface area (Å²) in [7, 11) is 0. The number of morpholine rings is 1. The van der Waals surface area contributed by atoms with Gasteiger partial charge in [0.15, 0.2) is 11.5 Å². The van der Waals surface area contributed by atoms with Crippen LogP contribution in [0.5, 0.6) is 0 Å². The summed E-state index contributed by atoms with van der Waals surface area (Å²) in [4.78, 5) is 13.2.